The molecule has 0 heteroatoms. The van der Waals surface area contributed by atoms with E-state index in [1.807, 2.05) is 0 Å². The van der Waals surface area contributed by atoms with Gasteiger partial charge in [0.15, 0.2) is 0 Å². The highest BCUT2D eigenvalue weighted by Crippen LogP contribution is 2.33. The maximum absolute atomic E-state index is 8.22. The summed E-state index contributed by atoms with van der Waals surface area (Å²) in [7, 11) is 0. The van der Waals surface area contributed by atoms with Crippen LogP contribution in [-0.4, -0.2) is 0 Å². The van der Waals surface area contributed by atoms with Crippen LogP contribution in [0.4, 0.5) is 0 Å². The zero-order chi connectivity index (χ0) is 17.5. The maximum Gasteiger partial charge on any atom is 0.0629 e. The van der Waals surface area contributed by atoms with Crippen molar-refractivity contribution < 1.29 is 11.0 Å². The first-order valence-corrected chi connectivity index (χ1v) is 4.90. The summed E-state index contributed by atoms with van der Waals surface area (Å²) >= 11 is 0. The molecule has 0 nitrogen and oxygen atoms in total. The van der Waals surface area contributed by atoms with Gasteiger partial charge in [-0.1, -0.05) is 60.5 Å². The average Bonchev–Trinajstić information content (AvgIpc) is 2.49. The number of hydrogen-bond acceptors (Lipinski definition) is 0. The second-order valence-corrected chi connectivity index (χ2v) is 3.62. The lowest BCUT2D eigenvalue weighted by Crippen LogP contribution is -1.82. The Hall–Kier alpha value is -2.08. The topological polar surface area (TPSA) is 0 Å². The average molecular weight is 210 g/mol. The van der Waals surface area contributed by atoms with Crippen molar-refractivity contribution in [1.82, 2.24) is 0 Å². The predicted molar refractivity (Wildman–Crippen MR) is 70.1 cm³/mol. The van der Waals surface area contributed by atoms with Crippen molar-refractivity contribution in [3.8, 4) is 0 Å². The number of rotatable bonds is 0. The molecule has 0 spiro atoms. The summed E-state index contributed by atoms with van der Waals surface area (Å²) < 4.78 is 65.2. The molecule has 0 aliphatic rings. The zero-order valence-corrected chi connectivity index (χ0v) is 8.15. The van der Waals surface area contributed by atoms with Crippen LogP contribution in [0.15, 0.2) is 60.5 Å². The standard InChI is InChI=1S/C16H10/c1-3-11-7-9-13-5-2-6-14-10-8-12(4-1)15(11)16(13)14/h1-10H/i3D,4D,5D,6D,7D,8D,9D,10D. The Bertz CT molecular complexity index is 1000. The quantitative estimate of drug-likeness (QED) is 0.372. The highest BCUT2D eigenvalue weighted by Gasteiger charge is 2.05. The van der Waals surface area contributed by atoms with Gasteiger partial charge in [0.25, 0.3) is 0 Å². The van der Waals surface area contributed by atoms with Crippen molar-refractivity contribution in [3.63, 3.8) is 0 Å². The third-order valence-corrected chi connectivity index (χ3v) is 2.74. The van der Waals surface area contributed by atoms with Crippen molar-refractivity contribution in [2.75, 3.05) is 0 Å². The van der Waals surface area contributed by atoms with Gasteiger partial charge < -0.3 is 0 Å². The van der Waals surface area contributed by atoms with Gasteiger partial charge in [-0.15, -0.1) is 0 Å². The van der Waals surface area contributed by atoms with Crippen LogP contribution in [-0.2, 0) is 0 Å². The SMILES string of the molecule is [2H]c1cc([2H])c2c([2H])c([2H])c3c([2H])cc([2H])c4c([2H])c([2H])c1c2c43. The van der Waals surface area contributed by atoms with Gasteiger partial charge in [0, 0.05) is 0 Å². The molecule has 0 saturated carbocycles. The first-order chi connectivity index (χ1) is 11.3. The highest BCUT2D eigenvalue weighted by molar-refractivity contribution is 6.22. The molecular weight excluding hydrogens is 192 g/mol. The molecule has 0 N–H and O–H groups in total. The largest absolute Gasteiger partial charge is 0.0629 e. The molecule has 4 aromatic carbocycles. The second kappa shape index (κ2) is 2.73. The van der Waals surface area contributed by atoms with E-state index in [0.29, 0.717) is 0 Å². The molecule has 0 aromatic heterocycles. The van der Waals surface area contributed by atoms with Gasteiger partial charge in [0.1, 0.15) is 0 Å². The predicted octanol–water partition coefficient (Wildman–Crippen LogP) is 4.58. The lowest BCUT2D eigenvalue weighted by Gasteiger charge is -2.09. The summed E-state index contributed by atoms with van der Waals surface area (Å²) in [4.78, 5) is 0. The normalized spacial score (nSPS) is 18.8. The fraction of sp³-hybridized carbons (Fsp3) is 0. The van der Waals surface area contributed by atoms with Crippen LogP contribution in [0.2, 0.25) is 0 Å². The summed E-state index contributed by atoms with van der Waals surface area (Å²) in [6, 6.07) is 1.07. The molecule has 0 aliphatic carbocycles. The van der Waals surface area contributed by atoms with E-state index in [4.69, 9.17) is 11.0 Å². The zero-order valence-electron chi connectivity index (χ0n) is 16.2. The van der Waals surface area contributed by atoms with Crippen LogP contribution in [0.3, 0.4) is 0 Å². The van der Waals surface area contributed by atoms with Crippen molar-refractivity contribution in [2.24, 2.45) is 0 Å². The third kappa shape index (κ3) is 0.892. The van der Waals surface area contributed by atoms with E-state index < -0.39 is 0 Å². The highest BCUT2D eigenvalue weighted by atomic mass is 14.1. The second-order valence-electron chi connectivity index (χ2n) is 3.62. The minimum Gasteiger partial charge on any atom is -0.0610 e. The van der Waals surface area contributed by atoms with Crippen molar-refractivity contribution in [1.29, 1.82) is 0 Å². The molecule has 0 saturated heterocycles. The van der Waals surface area contributed by atoms with Gasteiger partial charge in [-0.2, -0.15) is 0 Å². The lowest BCUT2D eigenvalue weighted by atomic mass is 9.95. The van der Waals surface area contributed by atoms with E-state index in [2.05, 4.69) is 0 Å². The van der Waals surface area contributed by atoms with Crippen LogP contribution < -0.4 is 0 Å². The maximum atomic E-state index is 8.22. The Morgan fingerprint density at radius 3 is 1.12 bits per heavy atom. The molecule has 74 valence electrons. The number of benzene rings is 4. The van der Waals surface area contributed by atoms with Gasteiger partial charge >= 0.3 is 0 Å². The molecule has 0 atom stereocenters. The summed E-state index contributed by atoms with van der Waals surface area (Å²) in [5.41, 5.74) is 0. The monoisotopic (exact) mass is 210 g/mol. The van der Waals surface area contributed by atoms with Gasteiger partial charge in [-0.05, 0) is 32.3 Å². The molecule has 0 radical (unpaired) electrons. The van der Waals surface area contributed by atoms with Crippen LogP contribution >= 0.6 is 0 Å². The minimum absolute atomic E-state index is 0.103. The Kier molecular flexibility index (Phi) is 0.639. The molecule has 4 aromatic rings. The summed E-state index contributed by atoms with van der Waals surface area (Å²) in [5, 5.41) is 1.04. The van der Waals surface area contributed by atoms with Crippen molar-refractivity contribution in [2.45, 2.75) is 0 Å². The number of hydrogen-bond donors (Lipinski definition) is 0. The van der Waals surface area contributed by atoms with E-state index in [0.717, 1.165) is 0 Å². The fourth-order valence-corrected chi connectivity index (χ4v) is 2.04. The summed E-state index contributed by atoms with van der Waals surface area (Å²) in [5.74, 6) is 0. The first kappa shape index (κ1) is 3.74. The first-order valence-electron chi connectivity index (χ1n) is 8.90. The Morgan fingerprint density at radius 2 is 0.812 bits per heavy atom. The van der Waals surface area contributed by atoms with Crippen LogP contribution in [0.1, 0.15) is 11.0 Å². The van der Waals surface area contributed by atoms with E-state index >= 15 is 0 Å². The molecular formula is C16H10. The van der Waals surface area contributed by atoms with Crippen molar-refractivity contribution in [3.05, 3.63) is 60.5 Å². The molecule has 0 heterocycles. The molecule has 16 heavy (non-hydrogen) atoms. The van der Waals surface area contributed by atoms with Crippen LogP contribution in [0.5, 0.6) is 0 Å². The van der Waals surface area contributed by atoms with E-state index in [9.17, 15) is 0 Å². The third-order valence-electron chi connectivity index (χ3n) is 2.74. The van der Waals surface area contributed by atoms with Crippen molar-refractivity contribution >= 4 is 32.3 Å². The van der Waals surface area contributed by atoms with Gasteiger partial charge in [0.05, 0.1) is 11.0 Å². The van der Waals surface area contributed by atoms with Crippen LogP contribution in [0, 0.1) is 0 Å². The Morgan fingerprint density at radius 1 is 0.500 bits per heavy atom. The molecule has 0 unspecified atom stereocenters. The smallest absolute Gasteiger partial charge is 0.0610 e. The summed E-state index contributed by atoms with van der Waals surface area (Å²) in [6.07, 6.45) is 0. The molecule has 0 amide bonds. The lowest BCUT2D eigenvalue weighted by molar-refractivity contribution is 1.78. The Labute approximate surface area is 105 Å². The molecule has 0 fully saturated rings. The van der Waals surface area contributed by atoms with Gasteiger partial charge in [0.2, 0.25) is 0 Å². The van der Waals surface area contributed by atoms with E-state index in [1.165, 1.54) is 12.1 Å². The van der Waals surface area contributed by atoms with Gasteiger partial charge in [-0.3, -0.25) is 0 Å². The molecule has 4 rings (SSSR count). The fourth-order valence-electron chi connectivity index (χ4n) is 2.04. The van der Waals surface area contributed by atoms with E-state index in [-0.39, 0.29) is 80.7 Å². The van der Waals surface area contributed by atoms with E-state index in [1.54, 1.807) is 0 Å². The summed E-state index contributed by atoms with van der Waals surface area (Å²) in [6.45, 7) is 0. The molecule has 0 aliphatic heterocycles. The molecule has 0 bridgehead atoms. The van der Waals surface area contributed by atoms with Crippen LogP contribution in [0.25, 0.3) is 32.3 Å². The van der Waals surface area contributed by atoms with Gasteiger partial charge in [-0.25, -0.2) is 0 Å². The minimum atomic E-state index is -0.234. The Balaban J connectivity index is 2.60.